The fraction of sp³-hybridized carbons (Fsp3) is 0.176. The van der Waals surface area contributed by atoms with Crippen LogP contribution in [0.4, 0.5) is 15.1 Å². The highest BCUT2D eigenvalue weighted by molar-refractivity contribution is 6.01. The molecule has 3 N–H and O–H groups in total. The topological polar surface area (TPSA) is 109 Å². The van der Waals surface area contributed by atoms with Crippen LogP contribution in [0.15, 0.2) is 30.5 Å². The molecular weight excluding hydrogens is 341 g/mol. The van der Waals surface area contributed by atoms with E-state index in [1.165, 1.54) is 37.6 Å². The number of esters is 1. The van der Waals surface area contributed by atoms with Crippen LogP contribution in [0.2, 0.25) is 0 Å². The number of ether oxygens (including phenoxy) is 1. The number of hydrogen-bond donors (Lipinski definition) is 3. The number of imidazole rings is 1. The fourth-order valence-electron chi connectivity index (χ4n) is 2.49. The highest BCUT2D eigenvalue weighted by Gasteiger charge is 2.18. The number of aromatic amines is 1. The summed E-state index contributed by atoms with van der Waals surface area (Å²) in [7, 11) is 1.25. The Bertz CT molecular complexity index is 986. The Morgan fingerprint density at radius 1 is 1.35 bits per heavy atom. The number of H-pyrrole nitrogens is 1. The third kappa shape index (κ3) is 3.32. The van der Waals surface area contributed by atoms with E-state index in [1.54, 1.807) is 6.92 Å². The molecule has 26 heavy (non-hydrogen) atoms. The van der Waals surface area contributed by atoms with Crippen molar-refractivity contribution in [2.75, 3.05) is 19.0 Å². The van der Waals surface area contributed by atoms with Gasteiger partial charge >= 0.3 is 12.0 Å². The van der Waals surface area contributed by atoms with Gasteiger partial charge in [-0.3, -0.25) is 10.3 Å². The molecule has 0 unspecified atom stereocenters. The van der Waals surface area contributed by atoms with Gasteiger partial charge in [0.15, 0.2) is 0 Å². The average molecular weight is 357 g/mol. The van der Waals surface area contributed by atoms with Crippen molar-refractivity contribution in [1.29, 1.82) is 0 Å². The third-order valence-corrected chi connectivity index (χ3v) is 3.59. The van der Waals surface area contributed by atoms with Crippen LogP contribution < -0.4 is 10.6 Å². The fourth-order valence-corrected chi connectivity index (χ4v) is 2.49. The zero-order valence-electron chi connectivity index (χ0n) is 14.1. The van der Waals surface area contributed by atoms with Crippen LogP contribution in [0.5, 0.6) is 0 Å². The van der Waals surface area contributed by atoms with Crippen LogP contribution in [0.25, 0.3) is 22.3 Å². The van der Waals surface area contributed by atoms with Crippen molar-refractivity contribution < 1.29 is 18.7 Å². The van der Waals surface area contributed by atoms with Crippen LogP contribution in [0, 0.1) is 5.82 Å². The van der Waals surface area contributed by atoms with Crippen molar-refractivity contribution >= 4 is 29.0 Å². The smallest absolute Gasteiger partial charge is 0.337 e. The van der Waals surface area contributed by atoms with Gasteiger partial charge < -0.3 is 15.0 Å². The minimum Gasteiger partial charge on any atom is -0.465 e. The Balaban J connectivity index is 2.17. The molecule has 2 heterocycles. The summed E-state index contributed by atoms with van der Waals surface area (Å²) in [5.41, 5.74) is 1.34. The largest absolute Gasteiger partial charge is 0.465 e. The van der Waals surface area contributed by atoms with Gasteiger partial charge in [-0.05, 0) is 31.2 Å². The van der Waals surface area contributed by atoms with Gasteiger partial charge in [-0.1, -0.05) is 0 Å². The number of rotatable bonds is 4. The van der Waals surface area contributed by atoms with E-state index in [0.717, 1.165) is 0 Å². The number of hydrogen-bond acceptors (Lipinski definition) is 5. The number of fused-ring (bicyclic) bond motifs is 1. The summed E-state index contributed by atoms with van der Waals surface area (Å²) in [4.78, 5) is 34.9. The predicted molar refractivity (Wildman–Crippen MR) is 93.3 cm³/mol. The maximum Gasteiger partial charge on any atom is 0.337 e. The summed E-state index contributed by atoms with van der Waals surface area (Å²) < 4.78 is 19.0. The monoisotopic (exact) mass is 357 g/mol. The van der Waals surface area contributed by atoms with Crippen molar-refractivity contribution in [1.82, 2.24) is 20.3 Å². The second-order valence-corrected chi connectivity index (χ2v) is 5.32. The molecule has 0 aliphatic heterocycles. The molecule has 3 aromatic rings. The molecule has 0 aliphatic carbocycles. The van der Waals surface area contributed by atoms with E-state index in [9.17, 15) is 14.0 Å². The molecule has 0 atom stereocenters. The molecule has 1 aromatic carbocycles. The lowest BCUT2D eigenvalue weighted by molar-refractivity contribution is 0.0601. The summed E-state index contributed by atoms with van der Waals surface area (Å²) in [6.45, 7) is 2.23. The molecule has 8 nitrogen and oxygen atoms in total. The van der Waals surface area contributed by atoms with E-state index in [2.05, 4.69) is 25.6 Å². The number of anilines is 1. The lowest BCUT2D eigenvalue weighted by Crippen LogP contribution is -2.28. The second kappa shape index (κ2) is 7.18. The second-order valence-electron chi connectivity index (χ2n) is 5.32. The van der Waals surface area contributed by atoms with Gasteiger partial charge in [0.1, 0.15) is 17.0 Å². The van der Waals surface area contributed by atoms with Gasteiger partial charge in [0.2, 0.25) is 5.95 Å². The van der Waals surface area contributed by atoms with E-state index in [0.29, 0.717) is 23.1 Å². The first-order valence-electron chi connectivity index (χ1n) is 7.81. The molecule has 0 saturated carbocycles. The van der Waals surface area contributed by atoms with Crippen LogP contribution in [0.3, 0.4) is 0 Å². The summed E-state index contributed by atoms with van der Waals surface area (Å²) in [5, 5.41) is 5.12. The lowest BCUT2D eigenvalue weighted by Gasteiger charge is -2.06. The Morgan fingerprint density at radius 2 is 2.15 bits per heavy atom. The van der Waals surface area contributed by atoms with Gasteiger partial charge in [-0.2, -0.15) is 0 Å². The van der Waals surface area contributed by atoms with Gasteiger partial charge in [0.05, 0.1) is 18.2 Å². The molecule has 0 radical (unpaired) electrons. The molecular formula is C17H16FN5O3. The minimum absolute atomic E-state index is 0.0410. The first kappa shape index (κ1) is 17.3. The molecule has 9 heteroatoms. The maximum absolute atomic E-state index is 14.2. The SMILES string of the molecule is CCNC(=O)Nc1nc2c(-c3ncccc3F)cc(C(=O)OC)cc2[nH]1. The molecule has 0 spiro atoms. The predicted octanol–water partition coefficient (Wildman–Crippen LogP) is 2.69. The molecule has 0 bridgehead atoms. The molecule has 3 rings (SSSR count). The Hall–Kier alpha value is -3.49. The first-order chi connectivity index (χ1) is 12.5. The van der Waals surface area contributed by atoms with Crippen LogP contribution >= 0.6 is 0 Å². The molecule has 0 aliphatic rings. The minimum atomic E-state index is -0.586. The number of carbonyl (C=O) groups excluding carboxylic acids is 2. The average Bonchev–Trinajstić information content (AvgIpc) is 3.03. The zero-order chi connectivity index (χ0) is 18.7. The summed E-state index contributed by atoms with van der Waals surface area (Å²) in [5.74, 6) is -0.986. The van der Waals surface area contributed by atoms with E-state index in [4.69, 9.17) is 4.74 Å². The normalized spacial score (nSPS) is 10.6. The van der Waals surface area contributed by atoms with Crippen LogP contribution in [-0.2, 0) is 4.74 Å². The van der Waals surface area contributed by atoms with Crippen molar-refractivity contribution in [3.63, 3.8) is 0 Å². The number of halogens is 1. The van der Waals surface area contributed by atoms with Crippen LogP contribution in [-0.4, -0.2) is 40.6 Å². The zero-order valence-corrected chi connectivity index (χ0v) is 14.1. The molecule has 2 aromatic heterocycles. The third-order valence-electron chi connectivity index (χ3n) is 3.59. The number of methoxy groups -OCH3 is 1. The Kier molecular flexibility index (Phi) is 4.78. The summed E-state index contributed by atoms with van der Waals surface area (Å²) >= 11 is 0. The van der Waals surface area contributed by atoms with Crippen molar-refractivity contribution in [3.05, 3.63) is 41.8 Å². The number of nitrogens with zero attached hydrogens (tertiary/aromatic N) is 2. The number of urea groups is 1. The number of nitrogens with one attached hydrogen (secondary N) is 3. The number of amides is 2. The lowest BCUT2D eigenvalue weighted by atomic mass is 10.0. The standard InChI is InChI=1S/C17H16FN5O3/c1-3-19-17(25)23-16-21-12-8-9(15(24)26-2)7-10(14(12)22-16)13-11(18)5-4-6-20-13/h4-8H,3H2,1-2H3,(H3,19,21,22,23,25). The summed E-state index contributed by atoms with van der Waals surface area (Å²) in [6, 6.07) is 5.26. The van der Waals surface area contributed by atoms with Crippen LogP contribution in [0.1, 0.15) is 17.3 Å². The Labute approximate surface area is 147 Å². The highest BCUT2D eigenvalue weighted by Crippen LogP contribution is 2.30. The van der Waals surface area contributed by atoms with E-state index in [1.807, 2.05) is 0 Å². The van der Waals surface area contributed by atoms with E-state index in [-0.39, 0.29) is 17.2 Å². The van der Waals surface area contributed by atoms with Crippen molar-refractivity contribution in [2.24, 2.45) is 0 Å². The molecule has 134 valence electrons. The summed E-state index contributed by atoms with van der Waals surface area (Å²) in [6.07, 6.45) is 1.44. The van der Waals surface area contributed by atoms with Crippen molar-refractivity contribution in [3.8, 4) is 11.3 Å². The first-order valence-corrected chi connectivity index (χ1v) is 7.81. The molecule has 0 fully saturated rings. The van der Waals surface area contributed by atoms with Gasteiger partial charge in [0, 0.05) is 18.3 Å². The molecule has 2 amide bonds. The number of aromatic nitrogens is 3. The number of pyridine rings is 1. The molecule has 0 saturated heterocycles. The number of carbonyl (C=O) groups is 2. The van der Waals surface area contributed by atoms with Gasteiger partial charge in [-0.25, -0.2) is 19.0 Å². The van der Waals surface area contributed by atoms with E-state index < -0.39 is 17.8 Å². The Morgan fingerprint density at radius 3 is 2.85 bits per heavy atom. The highest BCUT2D eigenvalue weighted by atomic mass is 19.1. The van der Waals surface area contributed by atoms with Gasteiger partial charge in [0.25, 0.3) is 0 Å². The van der Waals surface area contributed by atoms with Crippen molar-refractivity contribution in [2.45, 2.75) is 6.92 Å². The maximum atomic E-state index is 14.2. The number of benzene rings is 1. The quantitative estimate of drug-likeness (QED) is 0.622. The van der Waals surface area contributed by atoms with Gasteiger partial charge in [-0.15, -0.1) is 0 Å². The van der Waals surface area contributed by atoms with E-state index >= 15 is 0 Å².